The van der Waals surface area contributed by atoms with E-state index in [1.54, 1.807) is 12.1 Å². The van der Waals surface area contributed by atoms with E-state index >= 15 is 0 Å². The highest BCUT2D eigenvalue weighted by atomic mass is 127. The summed E-state index contributed by atoms with van der Waals surface area (Å²) in [5.74, 6) is 0.714. The molecule has 0 saturated carbocycles. The van der Waals surface area contributed by atoms with Gasteiger partial charge in [0.25, 0.3) is 0 Å². The molecule has 1 unspecified atom stereocenters. The van der Waals surface area contributed by atoms with Gasteiger partial charge in [-0.15, -0.1) is 0 Å². The van der Waals surface area contributed by atoms with Gasteiger partial charge in [-0.1, -0.05) is 0 Å². The molecule has 3 rings (SSSR count). The summed E-state index contributed by atoms with van der Waals surface area (Å²) in [6.07, 6.45) is 1.11. The number of nitrogens with one attached hydrogen (secondary N) is 2. The van der Waals surface area contributed by atoms with E-state index in [2.05, 4.69) is 101 Å². The number of hydrogen-bond donors (Lipinski definition) is 3. The number of benzene rings is 2. The van der Waals surface area contributed by atoms with Crippen molar-refractivity contribution in [2.24, 2.45) is 0 Å². The summed E-state index contributed by atoms with van der Waals surface area (Å²) in [7, 11) is 1.29. The SMILES string of the molecule is COC(=O)C(Cc1cc(I)c(Oc2cc(I)c(O)c(I)c2)c(I)c1)NC(=O)CCCC(=O)N1CCNCC1. The fourth-order valence-electron chi connectivity index (χ4n) is 3.86. The zero-order valence-corrected chi connectivity index (χ0v) is 29.1. The normalized spacial score (nSPS) is 14.1. The number of ether oxygens (including phenoxy) is 2. The number of phenols is 1. The van der Waals surface area contributed by atoms with Crippen LogP contribution in [-0.2, 0) is 25.5 Å². The minimum absolute atomic E-state index is 0.0482. The van der Waals surface area contributed by atoms with Gasteiger partial charge in [-0.05, 0) is 127 Å². The van der Waals surface area contributed by atoms with Gasteiger partial charge in [0.2, 0.25) is 11.8 Å². The Labute approximate surface area is 276 Å². The molecule has 1 fully saturated rings. The topological polar surface area (TPSA) is 117 Å². The van der Waals surface area contributed by atoms with Gasteiger partial charge in [0.1, 0.15) is 17.5 Å². The first-order valence-electron chi connectivity index (χ1n) is 11.8. The predicted octanol–water partition coefficient (Wildman–Crippen LogP) is 4.41. The molecule has 0 aromatic heterocycles. The lowest BCUT2D eigenvalue weighted by molar-refractivity contribution is -0.145. The number of carbonyl (C=O) groups excluding carboxylic acids is 3. The van der Waals surface area contributed by atoms with Gasteiger partial charge in [0.05, 0.1) is 21.4 Å². The minimum atomic E-state index is -0.852. The summed E-state index contributed by atoms with van der Waals surface area (Å²) >= 11 is 8.47. The Morgan fingerprint density at radius 1 is 1.00 bits per heavy atom. The van der Waals surface area contributed by atoms with E-state index in [9.17, 15) is 19.5 Å². The maximum Gasteiger partial charge on any atom is 0.328 e. The Balaban J connectivity index is 1.62. The fraction of sp³-hybridized carbons (Fsp3) is 0.400. The van der Waals surface area contributed by atoms with Crippen molar-refractivity contribution < 1.29 is 29.0 Å². The molecule has 1 atom stereocenters. The van der Waals surface area contributed by atoms with Gasteiger partial charge < -0.3 is 30.1 Å². The number of methoxy groups -OCH3 is 1. The second-order valence-electron chi connectivity index (χ2n) is 8.56. The zero-order valence-electron chi connectivity index (χ0n) is 20.5. The molecular weight excluding hydrogens is 946 g/mol. The molecule has 13 heteroatoms. The summed E-state index contributed by atoms with van der Waals surface area (Å²) in [4.78, 5) is 39.2. The molecule has 206 valence electrons. The molecule has 1 aliphatic rings. The van der Waals surface area contributed by atoms with Crippen LogP contribution in [0.15, 0.2) is 24.3 Å². The molecule has 1 saturated heterocycles. The molecule has 1 heterocycles. The second kappa shape index (κ2) is 15.4. The number of hydrogen-bond acceptors (Lipinski definition) is 7. The number of esters is 1. The fourth-order valence-corrected chi connectivity index (χ4v) is 7.69. The Morgan fingerprint density at radius 2 is 1.61 bits per heavy atom. The first-order chi connectivity index (χ1) is 18.1. The van der Waals surface area contributed by atoms with Crippen molar-refractivity contribution >= 4 is 108 Å². The van der Waals surface area contributed by atoms with Crippen molar-refractivity contribution in [1.29, 1.82) is 0 Å². The molecular formula is C25H27I4N3O6. The van der Waals surface area contributed by atoms with Crippen molar-refractivity contribution in [2.45, 2.75) is 31.7 Å². The van der Waals surface area contributed by atoms with Crippen LogP contribution in [-0.4, -0.2) is 67.1 Å². The zero-order chi connectivity index (χ0) is 27.8. The van der Waals surface area contributed by atoms with Gasteiger partial charge in [-0.2, -0.15) is 0 Å². The van der Waals surface area contributed by atoms with Crippen LogP contribution in [0.3, 0.4) is 0 Å². The lowest BCUT2D eigenvalue weighted by Gasteiger charge is -2.27. The number of aromatic hydroxyl groups is 1. The lowest BCUT2D eigenvalue weighted by atomic mass is 10.1. The summed E-state index contributed by atoms with van der Waals surface area (Å²) < 4.78 is 14.1. The number of amides is 2. The summed E-state index contributed by atoms with van der Waals surface area (Å²) in [6, 6.07) is 6.48. The van der Waals surface area contributed by atoms with Gasteiger partial charge in [0, 0.05) is 45.4 Å². The third kappa shape index (κ3) is 9.18. The van der Waals surface area contributed by atoms with Gasteiger partial charge in [0.15, 0.2) is 5.75 Å². The van der Waals surface area contributed by atoms with Crippen molar-refractivity contribution in [2.75, 3.05) is 33.3 Å². The maximum atomic E-state index is 12.6. The Morgan fingerprint density at radius 3 is 2.18 bits per heavy atom. The Hall–Kier alpha value is -0.670. The van der Waals surface area contributed by atoms with E-state index in [4.69, 9.17) is 9.47 Å². The van der Waals surface area contributed by atoms with Crippen LogP contribution < -0.4 is 15.4 Å². The van der Waals surface area contributed by atoms with Gasteiger partial charge in [-0.25, -0.2) is 4.79 Å². The summed E-state index contributed by atoms with van der Waals surface area (Å²) in [6.45, 7) is 2.94. The maximum absolute atomic E-state index is 12.6. The standard InChI is InChI=1S/C25H27I4N3O6/c1-37-25(36)20(31-21(33)3-2-4-22(34)32-7-5-30-6-8-32)11-14-9-18(28)24(19(29)10-14)38-15-12-16(26)23(35)17(27)13-15/h9-10,12-13,20,30,35H,2-8,11H2,1H3,(H,31,33). The van der Waals surface area contributed by atoms with Crippen molar-refractivity contribution in [3.05, 3.63) is 44.1 Å². The lowest BCUT2D eigenvalue weighted by Crippen LogP contribution is -2.46. The predicted molar refractivity (Wildman–Crippen MR) is 176 cm³/mol. The van der Waals surface area contributed by atoms with Crippen molar-refractivity contribution in [3.8, 4) is 17.2 Å². The third-order valence-electron chi connectivity index (χ3n) is 5.79. The molecule has 2 amide bonds. The van der Waals surface area contributed by atoms with Gasteiger partial charge in [-0.3, -0.25) is 9.59 Å². The van der Waals surface area contributed by atoms with Crippen LogP contribution in [0.5, 0.6) is 17.2 Å². The average Bonchev–Trinajstić information content (AvgIpc) is 2.88. The highest BCUT2D eigenvalue weighted by Gasteiger charge is 2.24. The van der Waals surface area contributed by atoms with Crippen molar-refractivity contribution in [1.82, 2.24) is 15.5 Å². The first kappa shape index (κ1) is 31.9. The quantitative estimate of drug-likeness (QED) is 0.239. The number of halogens is 4. The molecule has 0 radical (unpaired) electrons. The molecule has 2 aromatic carbocycles. The number of carbonyl (C=O) groups is 3. The number of phenolic OH excluding ortho intramolecular Hbond substituents is 1. The summed E-state index contributed by atoms with van der Waals surface area (Å²) in [5, 5.41) is 16.0. The highest BCUT2D eigenvalue weighted by Crippen LogP contribution is 2.37. The van der Waals surface area contributed by atoms with Crippen molar-refractivity contribution in [3.63, 3.8) is 0 Å². The van der Waals surface area contributed by atoms with E-state index in [0.29, 0.717) is 44.6 Å². The average molecular weight is 973 g/mol. The molecule has 2 aromatic rings. The van der Waals surface area contributed by atoms with E-state index in [1.807, 2.05) is 17.0 Å². The van der Waals surface area contributed by atoms with E-state index < -0.39 is 12.0 Å². The first-order valence-corrected chi connectivity index (χ1v) is 16.1. The van der Waals surface area contributed by atoms with Crippen LogP contribution in [0.2, 0.25) is 0 Å². The molecule has 0 spiro atoms. The Kier molecular flexibility index (Phi) is 12.9. The minimum Gasteiger partial charge on any atom is -0.506 e. The van der Waals surface area contributed by atoms with E-state index in [1.165, 1.54) is 7.11 Å². The van der Waals surface area contributed by atoms with Crippen LogP contribution >= 0.6 is 90.4 Å². The number of piperazine rings is 1. The van der Waals surface area contributed by atoms with Gasteiger partial charge >= 0.3 is 5.97 Å². The molecule has 9 nitrogen and oxygen atoms in total. The summed E-state index contributed by atoms with van der Waals surface area (Å²) in [5.41, 5.74) is 0.839. The highest BCUT2D eigenvalue weighted by molar-refractivity contribution is 14.1. The number of rotatable bonds is 10. The Bertz CT molecular complexity index is 1140. The molecule has 1 aliphatic heterocycles. The smallest absolute Gasteiger partial charge is 0.328 e. The monoisotopic (exact) mass is 973 g/mol. The largest absolute Gasteiger partial charge is 0.506 e. The third-order valence-corrected chi connectivity index (χ3v) is 9.04. The molecule has 3 N–H and O–H groups in total. The number of nitrogens with zero attached hydrogens (tertiary/aromatic N) is 1. The molecule has 0 bridgehead atoms. The van der Waals surface area contributed by atoms with Crippen LogP contribution in [0.25, 0.3) is 0 Å². The van der Waals surface area contributed by atoms with Crippen LogP contribution in [0.1, 0.15) is 24.8 Å². The van der Waals surface area contributed by atoms with Crippen LogP contribution in [0.4, 0.5) is 0 Å². The van der Waals surface area contributed by atoms with E-state index in [-0.39, 0.29) is 30.4 Å². The molecule has 38 heavy (non-hydrogen) atoms. The van der Waals surface area contributed by atoms with E-state index in [0.717, 1.165) is 25.8 Å². The second-order valence-corrected chi connectivity index (χ2v) is 13.2. The molecule has 0 aliphatic carbocycles. The van der Waals surface area contributed by atoms with Crippen LogP contribution in [0, 0.1) is 14.3 Å².